The molecule has 0 aliphatic heterocycles. The Hall–Kier alpha value is -4.64. The molecule has 282 valence electrons. The standard InChI is InChI=1S/C29H40O3.C19H20O2/c1-3-5-6-7-8-9-10-11-12-13-22-32-28-20-18-25(19-21-28)24-14-16-26(17-15-24)29(31)23-27(30)4-2;1-3-4-18(20)13-19(21)17-11-9-16(10-12-17)15-7-5-14(2)6-8-15/h14-21H,3-13,22-23H2,1-2H3;5-12H,3-4,13H2,1-2H3. The molecular formula is C48H60O5. The molecule has 0 fully saturated rings. The molecule has 4 aromatic carbocycles. The van der Waals surface area contributed by atoms with Crippen molar-refractivity contribution in [2.45, 2.75) is 124 Å². The summed E-state index contributed by atoms with van der Waals surface area (Å²) in [4.78, 5) is 47.1. The van der Waals surface area contributed by atoms with Crippen LogP contribution in [-0.2, 0) is 9.59 Å². The summed E-state index contributed by atoms with van der Waals surface area (Å²) in [6.45, 7) is 8.81. The minimum absolute atomic E-state index is 0.0116. The quantitative estimate of drug-likeness (QED) is 0.0434. The number of ether oxygens (including phenoxy) is 1. The highest BCUT2D eigenvalue weighted by Gasteiger charge is 2.12. The molecule has 0 aliphatic rings. The molecule has 53 heavy (non-hydrogen) atoms. The minimum atomic E-state index is -0.112. The van der Waals surface area contributed by atoms with Crippen molar-refractivity contribution in [3.05, 3.63) is 114 Å². The lowest BCUT2D eigenvalue weighted by Gasteiger charge is -2.08. The molecule has 0 saturated heterocycles. The number of carbonyl (C=O) groups is 4. The number of benzene rings is 4. The highest BCUT2D eigenvalue weighted by Crippen LogP contribution is 2.24. The number of rotatable bonds is 23. The van der Waals surface area contributed by atoms with Gasteiger partial charge in [-0.25, -0.2) is 0 Å². The van der Waals surface area contributed by atoms with Crippen LogP contribution in [0.25, 0.3) is 22.3 Å². The van der Waals surface area contributed by atoms with Gasteiger partial charge in [-0.2, -0.15) is 0 Å². The molecule has 0 aromatic heterocycles. The van der Waals surface area contributed by atoms with Crippen LogP contribution in [0.1, 0.15) is 143 Å². The number of ketones is 4. The van der Waals surface area contributed by atoms with Gasteiger partial charge in [0, 0.05) is 24.0 Å². The van der Waals surface area contributed by atoms with Crippen LogP contribution in [0.4, 0.5) is 0 Å². The summed E-state index contributed by atoms with van der Waals surface area (Å²) >= 11 is 0. The highest BCUT2D eigenvalue weighted by atomic mass is 16.5. The van der Waals surface area contributed by atoms with Crippen molar-refractivity contribution in [1.29, 1.82) is 0 Å². The SMILES string of the molecule is CCCC(=O)CC(=O)c1ccc(-c2ccc(C)cc2)cc1.CCCCCCCCCCCCOc1ccc(-c2ccc(C(=O)CC(=O)CC)cc2)cc1. The molecular weight excluding hydrogens is 657 g/mol. The van der Waals surface area contributed by atoms with Gasteiger partial charge in [-0.3, -0.25) is 19.2 Å². The lowest BCUT2D eigenvalue weighted by Crippen LogP contribution is -2.07. The molecule has 0 bridgehead atoms. The summed E-state index contributed by atoms with van der Waals surface area (Å²) in [5.74, 6) is 0.690. The molecule has 0 N–H and O–H groups in total. The van der Waals surface area contributed by atoms with Gasteiger partial charge in [0.1, 0.15) is 17.3 Å². The third-order valence-corrected chi connectivity index (χ3v) is 9.39. The van der Waals surface area contributed by atoms with E-state index >= 15 is 0 Å². The number of hydrogen-bond donors (Lipinski definition) is 0. The average molecular weight is 717 g/mol. The molecule has 0 amide bonds. The maximum Gasteiger partial charge on any atom is 0.170 e. The number of unbranched alkanes of at least 4 members (excludes halogenated alkanes) is 9. The molecule has 0 saturated carbocycles. The van der Waals surface area contributed by atoms with E-state index in [1.807, 2.05) is 55.5 Å². The summed E-state index contributed by atoms with van der Waals surface area (Å²) in [5, 5.41) is 0. The first kappa shape index (κ1) is 42.8. The van der Waals surface area contributed by atoms with Crippen molar-refractivity contribution in [3.8, 4) is 28.0 Å². The van der Waals surface area contributed by atoms with Crippen LogP contribution in [-0.4, -0.2) is 29.7 Å². The van der Waals surface area contributed by atoms with E-state index in [1.54, 1.807) is 31.2 Å². The molecule has 0 radical (unpaired) electrons. The van der Waals surface area contributed by atoms with Crippen LogP contribution in [0, 0.1) is 6.92 Å². The molecule has 5 nitrogen and oxygen atoms in total. The summed E-state index contributed by atoms with van der Waals surface area (Å²) in [5.41, 5.74) is 6.75. The third kappa shape index (κ3) is 16.3. The average Bonchev–Trinajstić information content (AvgIpc) is 3.18. The maximum atomic E-state index is 12.1. The fraction of sp³-hybridized carbons (Fsp3) is 0.417. The van der Waals surface area contributed by atoms with Crippen LogP contribution in [0.15, 0.2) is 97.1 Å². The monoisotopic (exact) mass is 716 g/mol. The van der Waals surface area contributed by atoms with Gasteiger partial charge in [-0.05, 0) is 54.2 Å². The zero-order valence-corrected chi connectivity index (χ0v) is 32.6. The fourth-order valence-electron chi connectivity index (χ4n) is 6.02. The second kappa shape index (κ2) is 24.6. The van der Waals surface area contributed by atoms with Gasteiger partial charge in [0.15, 0.2) is 11.6 Å². The van der Waals surface area contributed by atoms with Gasteiger partial charge in [0.2, 0.25) is 0 Å². The Labute approximate surface area is 318 Å². The molecule has 4 rings (SSSR count). The second-order valence-electron chi connectivity index (χ2n) is 14.0. The van der Waals surface area contributed by atoms with Crippen LogP contribution >= 0.6 is 0 Å². The summed E-state index contributed by atoms with van der Waals surface area (Å²) in [6, 6.07) is 31.3. The zero-order valence-electron chi connectivity index (χ0n) is 32.6. The molecule has 0 unspecified atom stereocenters. The second-order valence-corrected chi connectivity index (χ2v) is 14.0. The Balaban J connectivity index is 0.000000311. The van der Waals surface area contributed by atoms with E-state index in [4.69, 9.17) is 4.74 Å². The molecule has 0 atom stereocenters. The Kier molecular flexibility index (Phi) is 19.8. The van der Waals surface area contributed by atoms with Gasteiger partial charge >= 0.3 is 0 Å². The van der Waals surface area contributed by atoms with Crippen molar-refractivity contribution in [2.75, 3.05) is 6.61 Å². The van der Waals surface area contributed by atoms with Crippen LogP contribution < -0.4 is 4.74 Å². The fourth-order valence-corrected chi connectivity index (χ4v) is 6.02. The van der Waals surface area contributed by atoms with Crippen molar-refractivity contribution in [2.24, 2.45) is 0 Å². The molecule has 0 spiro atoms. The van der Waals surface area contributed by atoms with Gasteiger partial charge in [0.05, 0.1) is 19.4 Å². The molecule has 5 heteroatoms. The Bertz CT molecular complexity index is 1670. The van der Waals surface area contributed by atoms with E-state index in [0.717, 1.165) is 47.5 Å². The Morgan fingerprint density at radius 1 is 0.453 bits per heavy atom. The molecule has 0 aliphatic carbocycles. The predicted molar refractivity (Wildman–Crippen MR) is 219 cm³/mol. The topological polar surface area (TPSA) is 77.5 Å². The first-order chi connectivity index (χ1) is 25.7. The van der Waals surface area contributed by atoms with E-state index in [2.05, 4.69) is 38.1 Å². The summed E-state index contributed by atoms with van der Waals surface area (Å²) in [7, 11) is 0. The largest absolute Gasteiger partial charge is 0.494 e. The van der Waals surface area contributed by atoms with Crippen LogP contribution in [0.2, 0.25) is 0 Å². The van der Waals surface area contributed by atoms with E-state index in [-0.39, 0.29) is 36.0 Å². The van der Waals surface area contributed by atoms with Gasteiger partial charge in [-0.15, -0.1) is 0 Å². The van der Waals surface area contributed by atoms with Gasteiger partial charge in [-0.1, -0.05) is 169 Å². The first-order valence-corrected chi connectivity index (χ1v) is 19.8. The highest BCUT2D eigenvalue weighted by molar-refractivity contribution is 6.08. The number of Topliss-reactive ketones (excluding diaryl/α,β-unsaturated/α-hetero) is 4. The Morgan fingerprint density at radius 3 is 1.28 bits per heavy atom. The summed E-state index contributed by atoms with van der Waals surface area (Å²) < 4.78 is 5.89. The van der Waals surface area contributed by atoms with Crippen molar-refractivity contribution >= 4 is 23.1 Å². The summed E-state index contributed by atoms with van der Waals surface area (Å²) in [6.07, 6.45) is 14.9. The number of hydrogen-bond acceptors (Lipinski definition) is 5. The van der Waals surface area contributed by atoms with Gasteiger partial charge in [0.25, 0.3) is 0 Å². The van der Waals surface area contributed by atoms with E-state index in [0.29, 0.717) is 24.0 Å². The number of carbonyl (C=O) groups excluding carboxylic acids is 4. The van der Waals surface area contributed by atoms with Crippen molar-refractivity contribution < 1.29 is 23.9 Å². The normalized spacial score (nSPS) is 10.6. The number of aryl methyl sites for hydroxylation is 1. The predicted octanol–water partition coefficient (Wildman–Crippen LogP) is 12.8. The van der Waals surface area contributed by atoms with Crippen molar-refractivity contribution in [3.63, 3.8) is 0 Å². The molecule has 0 heterocycles. The van der Waals surface area contributed by atoms with Gasteiger partial charge < -0.3 is 4.74 Å². The molecule has 4 aromatic rings. The van der Waals surface area contributed by atoms with Crippen molar-refractivity contribution in [1.82, 2.24) is 0 Å². The first-order valence-electron chi connectivity index (χ1n) is 19.8. The lowest BCUT2D eigenvalue weighted by molar-refractivity contribution is -0.119. The van der Waals surface area contributed by atoms with E-state index in [1.165, 1.54) is 63.4 Å². The Morgan fingerprint density at radius 2 is 0.849 bits per heavy atom. The smallest absolute Gasteiger partial charge is 0.170 e. The van der Waals surface area contributed by atoms with E-state index < -0.39 is 0 Å². The third-order valence-electron chi connectivity index (χ3n) is 9.39. The minimum Gasteiger partial charge on any atom is -0.494 e. The lowest BCUT2D eigenvalue weighted by atomic mass is 9.99. The van der Waals surface area contributed by atoms with E-state index in [9.17, 15) is 19.2 Å². The van der Waals surface area contributed by atoms with Crippen LogP contribution in [0.5, 0.6) is 5.75 Å². The maximum absolute atomic E-state index is 12.1. The zero-order chi connectivity index (χ0) is 38.3. The van der Waals surface area contributed by atoms with Crippen LogP contribution in [0.3, 0.4) is 0 Å².